The Hall–Kier alpha value is -4.89. The Balaban J connectivity index is 1.30. The van der Waals surface area contributed by atoms with Gasteiger partial charge >= 0.3 is 0 Å². The molecule has 3 nitrogen and oxygen atoms in total. The minimum atomic E-state index is -2.23. The van der Waals surface area contributed by atoms with Crippen molar-refractivity contribution in [3.8, 4) is 39.3 Å². The standard InChI is InChI=1S/C48H51N2O/c1-30(2)41-27-38(34-14-10-8-11-15-34)28-42(31(3)4)46(41)50-25-24-49(7)48(50)45-33(6)19-22-40-39-23-21-37(29-44(39)51-47(40)45)36-20-18-32(5)43(26-36)35-16-12-9-13-17-35/h9,12-13,16-31,34H,8,10-11,14-15H2,1-7H3/q+1/i5D3,34D. The first kappa shape index (κ1) is 28.8. The highest BCUT2D eigenvalue weighted by atomic mass is 16.3. The van der Waals surface area contributed by atoms with Gasteiger partial charge in [0.05, 0.1) is 7.05 Å². The van der Waals surface area contributed by atoms with E-state index in [1.165, 1.54) is 23.2 Å². The second-order valence-electron chi connectivity index (χ2n) is 15.2. The normalized spacial score (nSPS) is 16.1. The smallest absolute Gasteiger partial charge is 0.297 e. The van der Waals surface area contributed by atoms with Crippen molar-refractivity contribution in [3.63, 3.8) is 0 Å². The highest BCUT2D eigenvalue weighted by Crippen LogP contribution is 2.43. The average Bonchev–Trinajstić information content (AvgIpc) is 3.73. The molecule has 3 heteroatoms. The lowest BCUT2D eigenvalue weighted by molar-refractivity contribution is -0.659. The van der Waals surface area contributed by atoms with Gasteiger partial charge in [-0.25, -0.2) is 4.57 Å². The number of aryl methyl sites for hydroxylation is 3. The summed E-state index contributed by atoms with van der Waals surface area (Å²) in [6.07, 6.45) is 9.61. The molecule has 1 fully saturated rings. The zero-order valence-electron chi connectivity index (χ0n) is 34.8. The minimum absolute atomic E-state index is 0.262. The molecule has 0 saturated heterocycles. The number of nitrogens with zero attached hydrogens (tertiary/aromatic N) is 2. The van der Waals surface area contributed by atoms with Crippen LogP contribution in [0.4, 0.5) is 0 Å². The van der Waals surface area contributed by atoms with Gasteiger partial charge in [0, 0.05) is 27.4 Å². The van der Waals surface area contributed by atoms with Gasteiger partial charge in [0.2, 0.25) is 0 Å². The van der Waals surface area contributed by atoms with Crippen molar-refractivity contribution in [1.82, 2.24) is 4.57 Å². The predicted octanol–water partition coefficient (Wildman–Crippen LogP) is 13.1. The third-order valence-corrected chi connectivity index (χ3v) is 11.0. The van der Waals surface area contributed by atoms with Gasteiger partial charge < -0.3 is 4.42 Å². The van der Waals surface area contributed by atoms with Gasteiger partial charge in [0.25, 0.3) is 5.82 Å². The number of fused-ring (bicyclic) bond motifs is 3. The van der Waals surface area contributed by atoms with Gasteiger partial charge in [0.1, 0.15) is 29.2 Å². The summed E-state index contributed by atoms with van der Waals surface area (Å²) in [5, 5.41) is 2.08. The molecule has 0 spiro atoms. The van der Waals surface area contributed by atoms with Crippen LogP contribution in [-0.4, -0.2) is 4.57 Å². The number of furan rings is 1. The highest BCUT2D eigenvalue weighted by molar-refractivity contribution is 6.10. The van der Waals surface area contributed by atoms with Gasteiger partial charge in [-0.1, -0.05) is 120 Å². The second kappa shape index (κ2) is 13.3. The van der Waals surface area contributed by atoms with E-state index in [0.29, 0.717) is 11.1 Å². The Morgan fingerprint density at radius 3 is 2.14 bits per heavy atom. The lowest BCUT2D eigenvalue weighted by Crippen LogP contribution is -2.29. The molecule has 7 aromatic rings. The molecule has 2 aromatic heterocycles. The Morgan fingerprint density at radius 1 is 0.765 bits per heavy atom. The Bertz CT molecular complexity index is 2520. The van der Waals surface area contributed by atoms with Crippen molar-refractivity contribution in [1.29, 1.82) is 0 Å². The van der Waals surface area contributed by atoms with E-state index < -0.39 is 12.7 Å². The summed E-state index contributed by atoms with van der Waals surface area (Å²) in [4.78, 5) is 0. The van der Waals surface area contributed by atoms with Crippen molar-refractivity contribution in [2.24, 2.45) is 7.05 Å². The SMILES string of the molecule is [2H]C([2H])([2H])c1ccc(-c2ccc3c(c2)oc2c(-c4n(-c5c(C(C)C)cc(C6([2H])CCCCC6)cc5C(C)C)cc[n+]4C)c(C)ccc23)cc1-c1ccccc1. The number of benzene rings is 5. The van der Waals surface area contributed by atoms with E-state index in [9.17, 15) is 1.37 Å². The molecule has 51 heavy (non-hydrogen) atoms. The van der Waals surface area contributed by atoms with Crippen molar-refractivity contribution in [2.75, 3.05) is 0 Å². The van der Waals surface area contributed by atoms with Gasteiger partial charge in [-0.15, -0.1) is 0 Å². The summed E-state index contributed by atoms with van der Waals surface area (Å²) in [6.45, 7) is 9.02. The van der Waals surface area contributed by atoms with E-state index in [-0.39, 0.29) is 11.8 Å². The maximum Gasteiger partial charge on any atom is 0.297 e. The monoisotopic (exact) mass is 675 g/mol. The lowest BCUT2D eigenvalue weighted by Gasteiger charge is -2.26. The maximum absolute atomic E-state index is 9.57. The molecular formula is C48H51N2O+. The molecule has 258 valence electrons. The first-order valence-corrected chi connectivity index (χ1v) is 18.7. The number of hydrogen-bond donors (Lipinski definition) is 0. The molecule has 2 heterocycles. The van der Waals surface area contributed by atoms with Crippen LogP contribution < -0.4 is 4.57 Å². The van der Waals surface area contributed by atoms with E-state index in [4.69, 9.17) is 8.53 Å². The maximum atomic E-state index is 9.57. The van der Waals surface area contributed by atoms with Crippen LogP contribution in [0.1, 0.15) is 111 Å². The van der Waals surface area contributed by atoms with Crippen LogP contribution in [-0.2, 0) is 7.05 Å². The van der Waals surface area contributed by atoms with Gasteiger partial charge in [-0.05, 0) is 101 Å². The summed E-state index contributed by atoms with van der Waals surface area (Å²) < 4.78 is 45.7. The quantitative estimate of drug-likeness (QED) is 0.154. The van der Waals surface area contributed by atoms with E-state index in [0.717, 1.165) is 86.8 Å². The first-order valence-electron chi connectivity index (χ1n) is 20.7. The second-order valence-corrected chi connectivity index (χ2v) is 15.2. The topological polar surface area (TPSA) is 21.9 Å². The van der Waals surface area contributed by atoms with Crippen molar-refractivity contribution in [2.45, 2.75) is 91.3 Å². The minimum Gasteiger partial charge on any atom is -0.455 e. The van der Waals surface area contributed by atoms with Crippen LogP contribution in [0.25, 0.3) is 61.3 Å². The Kier molecular flexibility index (Phi) is 7.53. The fourth-order valence-corrected chi connectivity index (χ4v) is 8.24. The molecule has 1 aliphatic carbocycles. The molecule has 0 radical (unpaired) electrons. The van der Waals surface area contributed by atoms with Crippen LogP contribution in [0, 0.1) is 13.8 Å². The summed E-state index contributed by atoms with van der Waals surface area (Å²) >= 11 is 0. The summed E-state index contributed by atoms with van der Waals surface area (Å²) in [7, 11) is 2.11. The van der Waals surface area contributed by atoms with E-state index in [1.807, 2.05) is 42.5 Å². The lowest BCUT2D eigenvalue weighted by atomic mass is 9.80. The largest absolute Gasteiger partial charge is 0.455 e. The molecule has 0 atom stereocenters. The molecule has 8 rings (SSSR count). The van der Waals surface area contributed by atoms with Gasteiger partial charge in [0.15, 0.2) is 5.58 Å². The highest BCUT2D eigenvalue weighted by Gasteiger charge is 2.31. The number of aromatic nitrogens is 2. The number of rotatable bonds is 7. The van der Waals surface area contributed by atoms with Crippen LogP contribution in [0.3, 0.4) is 0 Å². The van der Waals surface area contributed by atoms with E-state index in [1.54, 1.807) is 6.07 Å². The number of hydrogen-bond acceptors (Lipinski definition) is 1. The Labute approximate surface area is 309 Å². The molecule has 0 N–H and O–H groups in total. The van der Waals surface area contributed by atoms with E-state index in [2.05, 4.69) is 106 Å². The van der Waals surface area contributed by atoms with Crippen LogP contribution >= 0.6 is 0 Å². The summed E-state index contributed by atoms with van der Waals surface area (Å²) in [5.74, 6) is 1.03. The van der Waals surface area contributed by atoms with E-state index >= 15 is 0 Å². The molecule has 1 saturated carbocycles. The first-order chi connectivity index (χ1) is 26.2. The summed E-state index contributed by atoms with van der Waals surface area (Å²) in [5.41, 5.74) is 12.5. The Morgan fingerprint density at radius 2 is 1.43 bits per heavy atom. The van der Waals surface area contributed by atoms with Crippen LogP contribution in [0.5, 0.6) is 0 Å². The molecule has 0 bridgehead atoms. The van der Waals surface area contributed by atoms with Crippen molar-refractivity contribution < 1.29 is 14.5 Å². The zero-order chi connectivity index (χ0) is 38.8. The predicted molar refractivity (Wildman–Crippen MR) is 214 cm³/mol. The molecular weight excluding hydrogens is 621 g/mol. The average molecular weight is 676 g/mol. The fraction of sp³-hybridized carbons (Fsp3) is 0.312. The number of imidazole rings is 1. The zero-order valence-corrected chi connectivity index (χ0v) is 30.8. The third kappa shape index (κ3) is 5.91. The molecule has 0 unspecified atom stereocenters. The molecule has 5 aromatic carbocycles. The molecule has 0 aliphatic heterocycles. The van der Waals surface area contributed by atoms with Crippen LogP contribution in [0.2, 0.25) is 0 Å². The fourth-order valence-electron chi connectivity index (χ4n) is 8.24. The van der Waals surface area contributed by atoms with Crippen molar-refractivity contribution >= 4 is 21.9 Å². The van der Waals surface area contributed by atoms with Crippen LogP contribution in [0.15, 0.2) is 108 Å². The van der Waals surface area contributed by atoms with Gasteiger partial charge in [-0.3, -0.25) is 0 Å². The summed E-state index contributed by atoms with van der Waals surface area (Å²) in [6, 6.07) is 30.7. The van der Waals surface area contributed by atoms with Gasteiger partial charge in [-0.2, -0.15) is 4.57 Å². The third-order valence-electron chi connectivity index (χ3n) is 11.0. The van der Waals surface area contributed by atoms with Crippen molar-refractivity contribution in [3.05, 3.63) is 131 Å². The molecule has 0 amide bonds. The molecule has 1 aliphatic rings.